The van der Waals surface area contributed by atoms with E-state index in [1.165, 1.54) is 11.9 Å². The maximum absolute atomic E-state index is 11.6. The van der Waals surface area contributed by atoms with Gasteiger partial charge in [-0.2, -0.15) is 4.98 Å². The number of aromatic nitrogens is 2. The van der Waals surface area contributed by atoms with Crippen molar-refractivity contribution in [1.82, 2.24) is 14.9 Å². The van der Waals surface area contributed by atoms with Crippen LogP contribution in [0, 0.1) is 10.1 Å². The van der Waals surface area contributed by atoms with Gasteiger partial charge < -0.3 is 25.1 Å². The highest BCUT2D eigenvalue weighted by atomic mass is 16.6. The fraction of sp³-hybridized carbons (Fsp3) is 0.545. The first kappa shape index (κ1) is 22.2. The van der Waals surface area contributed by atoms with Crippen molar-refractivity contribution >= 4 is 28.8 Å². The Morgan fingerprint density at radius 1 is 1.12 bits per heavy atom. The number of hydrogen-bond acceptors (Lipinski definition) is 9. The number of anilines is 4. The lowest BCUT2D eigenvalue weighted by Gasteiger charge is -2.34. The van der Waals surface area contributed by atoms with Crippen molar-refractivity contribution in [3.63, 3.8) is 0 Å². The molecule has 0 spiro atoms. The number of benzene rings is 1. The Labute approximate surface area is 188 Å². The first-order chi connectivity index (χ1) is 15.4. The molecule has 2 aliphatic rings. The van der Waals surface area contributed by atoms with Crippen LogP contribution in [0.1, 0.15) is 25.7 Å². The molecule has 2 aromatic rings. The molecule has 1 aliphatic heterocycles. The highest BCUT2D eigenvalue weighted by Gasteiger charge is 2.29. The topological polar surface area (TPSA) is 111 Å². The summed E-state index contributed by atoms with van der Waals surface area (Å²) in [5.74, 6) is 0.614. The summed E-state index contributed by atoms with van der Waals surface area (Å²) < 4.78 is 0. The van der Waals surface area contributed by atoms with E-state index in [9.17, 15) is 15.2 Å². The molecule has 1 aromatic heterocycles. The lowest BCUT2D eigenvalue weighted by Crippen LogP contribution is -2.44. The van der Waals surface area contributed by atoms with E-state index in [1.807, 2.05) is 24.1 Å². The van der Waals surface area contributed by atoms with Gasteiger partial charge in [0.2, 0.25) is 11.8 Å². The SMILES string of the molecule is CN1CCN(c2ccc(Nc3ncc([N+](=O)[O-])c(N(C)C4CCC(O)CC4)n3)cc2)CC1. The van der Waals surface area contributed by atoms with Crippen LogP contribution in [0.25, 0.3) is 0 Å². The Hall–Kier alpha value is -2.98. The number of piperazine rings is 1. The van der Waals surface area contributed by atoms with Gasteiger partial charge in [0.05, 0.1) is 11.0 Å². The summed E-state index contributed by atoms with van der Waals surface area (Å²) in [6.45, 7) is 4.10. The Bertz CT molecular complexity index is 924. The van der Waals surface area contributed by atoms with Crippen LogP contribution in [0.2, 0.25) is 0 Å². The molecule has 2 heterocycles. The van der Waals surface area contributed by atoms with E-state index in [2.05, 4.69) is 44.3 Å². The number of nitrogens with zero attached hydrogens (tertiary/aromatic N) is 6. The van der Waals surface area contributed by atoms with Gasteiger partial charge in [0.25, 0.3) is 0 Å². The van der Waals surface area contributed by atoms with Gasteiger partial charge in [0, 0.05) is 50.6 Å². The van der Waals surface area contributed by atoms with Crippen LogP contribution in [0.3, 0.4) is 0 Å². The molecule has 0 bridgehead atoms. The van der Waals surface area contributed by atoms with Gasteiger partial charge in [-0.15, -0.1) is 0 Å². The largest absolute Gasteiger partial charge is 0.393 e. The highest BCUT2D eigenvalue weighted by Crippen LogP contribution is 2.32. The number of rotatable bonds is 6. The lowest BCUT2D eigenvalue weighted by atomic mass is 9.92. The van der Waals surface area contributed by atoms with E-state index >= 15 is 0 Å². The number of nitro groups is 1. The molecule has 2 fully saturated rings. The van der Waals surface area contributed by atoms with Crippen LogP contribution in [-0.4, -0.2) is 77.3 Å². The monoisotopic (exact) mass is 441 g/mol. The van der Waals surface area contributed by atoms with E-state index in [-0.39, 0.29) is 17.8 Å². The summed E-state index contributed by atoms with van der Waals surface area (Å²) in [7, 11) is 3.96. The molecule has 1 aliphatic carbocycles. The van der Waals surface area contributed by atoms with Gasteiger partial charge in [-0.05, 0) is 57.0 Å². The van der Waals surface area contributed by atoms with Crippen LogP contribution in [0.4, 0.5) is 28.8 Å². The van der Waals surface area contributed by atoms with E-state index in [1.54, 1.807) is 0 Å². The molecule has 4 rings (SSSR count). The van der Waals surface area contributed by atoms with Crippen molar-refractivity contribution in [3.8, 4) is 0 Å². The third-order valence-electron chi connectivity index (χ3n) is 6.49. The number of nitrogens with one attached hydrogen (secondary N) is 1. The lowest BCUT2D eigenvalue weighted by molar-refractivity contribution is -0.384. The minimum atomic E-state index is -0.446. The number of aliphatic hydroxyl groups excluding tert-OH is 1. The summed E-state index contributed by atoms with van der Waals surface area (Å²) in [5.41, 5.74) is 1.88. The van der Waals surface area contributed by atoms with E-state index in [4.69, 9.17) is 0 Å². The average Bonchev–Trinajstić information content (AvgIpc) is 2.80. The van der Waals surface area contributed by atoms with Gasteiger partial charge in [-0.3, -0.25) is 10.1 Å². The van der Waals surface area contributed by atoms with Crippen molar-refractivity contribution in [2.45, 2.75) is 37.8 Å². The molecule has 172 valence electrons. The van der Waals surface area contributed by atoms with Gasteiger partial charge in [0.1, 0.15) is 6.20 Å². The zero-order valence-electron chi connectivity index (χ0n) is 18.6. The van der Waals surface area contributed by atoms with Gasteiger partial charge in [-0.1, -0.05) is 0 Å². The summed E-state index contributed by atoms with van der Waals surface area (Å²) in [6.07, 6.45) is 3.91. The average molecular weight is 442 g/mol. The summed E-state index contributed by atoms with van der Waals surface area (Å²) in [6, 6.07) is 8.19. The Morgan fingerprint density at radius 2 is 1.78 bits per heavy atom. The normalized spacial score (nSPS) is 21.9. The quantitative estimate of drug-likeness (QED) is 0.516. The first-order valence-electron chi connectivity index (χ1n) is 11.1. The molecular formula is C22H31N7O3. The molecule has 2 N–H and O–H groups in total. The molecule has 0 radical (unpaired) electrons. The summed E-state index contributed by atoms with van der Waals surface area (Å²) in [4.78, 5) is 26.3. The van der Waals surface area contributed by atoms with Crippen LogP contribution in [0.5, 0.6) is 0 Å². The van der Waals surface area contributed by atoms with Crippen LogP contribution in [-0.2, 0) is 0 Å². The van der Waals surface area contributed by atoms with Crippen molar-refractivity contribution in [1.29, 1.82) is 0 Å². The minimum Gasteiger partial charge on any atom is -0.393 e. The molecular weight excluding hydrogens is 410 g/mol. The molecule has 0 unspecified atom stereocenters. The van der Waals surface area contributed by atoms with Gasteiger partial charge in [-0.25, -0.2) is 4.98 Å². The fourth-order valence-electron chi connectivity index (χ4n) is 4.38. The molecule has 10 nitrogen and oxygen atoms in total. The van der Waals surface area contributed by atoms with Gasteiger partial charge >= 0.3 is 5.69 Å². The second-order valence-corrected chi connectivity index (χ2v) is 8.70. The molecule has 10 heteroatoms. The second kappa shape index (κ2) is 9.66. The molecule has 0 amide bonds. The van der Waals surface area contributed by atoms with Crippen molar-refractivity contribution in [2.24, 2.45) is 0 Å². The smallest absolute Gasteiger partial charge is 0.329 e. The summed E-state index contributed by atoms with van der Waals surface area (Å²) >= 11 is 0. The fourth-order valence-corrected chi connectivity index (χ4v) is 4.38. The van der Waals surface area contributed by atoms with E-state index in [0.717, 1.165) is 44.7 Å². The molecule has 1 saturated carbocycles. The molecule has 32 heavy (non-hydrogen) atoms. The Morgan fingerprint density at radius 3 is 2.41 bits per heavy atom. The van der Waals surface area contributed by atoms with Crippen molar-refractivity contribution in [3.05, 3.63) is 40.6 Å². The molecule has 1 saturated heterocycles. The predicted octanol–water partition coefficient (Wildman–Crippen LogP) is 2.62. The predicted molar refractivity (Wildman–Crippen MR) is 125 cm³/mol. The van der Waals surface area contributed by atoms with E-state index < -0.39 is 4.92 Å². The Balaban J connectivity index is 1.49. The standard InChI is InChI=1S/C22H31N7O3/c1-26-11-13-28(14-12-26)18-5-3-16(4-6-18)24-22-23-15-20(29(31)32)21(25-22)27(2)17-7-9-19(30)10-8-17/h3-6,15,17,19,30H,7-14H2,1-2H3,(H,23,24,25). The van der Waals surface area contributed by atoms with E-state index in [0.29, 0.717) is 24.6 Å². The number of likely N-dealkylation sites (N-methyl/N-ethyl adjacent to an activating group) is 1. The third-order valence-corrected chi connectivity index (χ3v) is 6.49. The number of hydrogen-bond donors (Lipinski definition) is 2. The highest BCUT2D eigenvalue weighted by molar-refractivity contribution is 5.63. The maximum atomic E-state index is 11.6. The molecule has 1 aromatic carbocycles. The summed E-state index contributed by atoms with van der Waals surface area (Å²) in [5, 5.41) is 24.5. The first-order valence-corrected chi connectivity index (χ1v) is 11.1. The Kier molecular flexibility index (Phi) is 6.71. The van der Waals surface area contributed by atoms with Crippen molar-refractivity contribution in [2.75, 3.05) is 55.4 Å². The zero-order valence-corrected chi connectivity index (χ0v) is 18.6. The van der Waals surface area contributed by atoms with Crippen LogP contribution < -0.4 is 15.1 Å². The van der Waals surface area contributed by atoms with Crippen LogP contribution in [0.15, 0.2) is 30.5 Å². The van der Waals surface area contributed by atoms with Crippen molar-refractivity contribution < 1.29 is 10.0 Å². The second-order valence-electron chi connectivity index (χ2n) is 8.70. The third kappa shape index (κ3) is 5.08. The number of aliphatic hydroxyl groups is 1. The maximum Gasteiger partial charge on any atom is 0.329 e. The minimum absolute atomic E-state index is 0.0997. The van der Waals surface area contributed by atoms with Gasteiger partial charge in [0.15, 0.2) is 0 Å². The molecule has 0 atom stereocenters. The van der Waals surface area contributed by atoms with Crippen LogP contribution >= 0.6 is 0 Å². The zero-order chi connectivity index (χ0) is 22.7.